The standard InChI is InChI=1S/C11H14ClNOS2/c1-7-3-4-9(16-7)11-13(5-6-15-11)10(14)8(2)12/h3-4,8,11H,5-6H2,1-2H3. The van der Waals surface area contributed by atoms with Gasteiger partial charge in [-0.2, -0.15) is 0 Å². The topological polar surface area (TPSA) is 20.3 Å². The highest BCUT2D eigenvalue weighted by molar-refractivity contribution is 7.99. The molecule has 1 aromatic heterocycles. The van der Waals surface area contributed by atoms with E-state index in [4.69, 9.17) is 11.6 Å². The number of alkyl halides is 1. The van der Waals surface area contributed by atoms with E-state index in [1.807, 2.05) is 16.7 Å². The molecule has 0 aromatic carbocycles. The van der Waals surface area contributed by atoms with E-state index in [1.54, 1.807) is 18.3 Å². The zero-order valence-corrected chi connectivity index (χ0v) is 11.7. The Kier molecular flexibility index (Phi) is 3.82. The fourth-order valence-corrected chi connectivity index (χ4v) is 4.25. The first-order valence-corrected chi connectivity index (χ1v) is 7.52. The van der Waals surface area contributed by atoms with Crippen molar-refractivity contribution in [2.45, 2.75) is 24.6 Å². The number of aryl methyl sites for hydroxylation is 1. The summed E-state index contributed by atoms with van der Waals surface area (Å²) in [6, 6.07) is 4.22. The van der Waals surface area contributed by atoms with Gasteiger partial charge in [0.05, 0.1) is 0 Å². The van der Waals surface area contributed by atoms with Crippen LogP contribution in [0.15, 0.2) is 12.1 Å². The van der Waals surface area contributed by atoms with Gasteiger partial charge in [-0.15, -0.1) is 34.7 Å². The van der Waals surface area contributed by atoms with Gasteiger partial charge in [0.1, 0.15) is 10.8 Å². The zero-order chi connectivity index (χ0) is 11.7. The van der Waals surface area contributed by atoms with Gasteiger partial charge >= 0.3 is 0 Å². The van der Waals surface area contributed by atoms with Crippen LogP contribution in [0.5, 0.6) is 0 Å². The van der Waals surface area contributed by atoms with E-state index in [9.17, 15) is 4.79 Å². The van der Waals surface area contributed by atoms with Crippen molar-refractivity contribution in [2.24, 2.45) is 0 Å². The summed E-state index contributed by atoms with van der Waals surface area (Å²) in [6.45, 7) is 4.63. The predicted molar refractivity (Wildman–Crippen MR) is 71.3 cm³/mol. The van der Waals surface area contributed by atoms with Crippen LogP contribution < -0.4 is 0 Å². The largest absolute Gasteiger partial charge is 0.324 e. The molecule has 2 unspecified atom stereocenters. The third kappa shape index (κ3) is 2.39. The molecule has 0 aliphatic carbocycles. The van der Waals surface area contributed by atoms with Gasteiger partial charge in [-0.3, -0.25) is 4.79 Å². The summed E-state index contributed by atoms with van der Waals surface area (Å²) in [6.07, 6.45) is 0. The van der Waals surface area contributed by atoms with Gasteiger partial charge in [-0.25, -0.2) is 0 Å². The van der Waals surface area contributed by atoms with E-state index in [2.05, 4.69) is 19.1 Å². The predicted octanol–water partition coefficient (Wildman–Crippen LogP) is 3.26. The van der Waals surface area contributed by atoms with Crippen LogP contribution in [0.2, 0.25) is 0 Å². The third-order valence-electron chi connectivity index (χ3n) is 2.52. The fourth-order valence-electron chi connectivity index (χ4n) is 1.75. The summed E-state index contributed by atoms with van der Waals surface area (Å²) in [5.41, 5.74) is 0. The molecule has 1 aliphatic heterocycles. The van der Waals surface area contributed by atoms with Crippen LogP contribution in [0.25, 0.3) is 0 Å². The Bertz CT molecular complexity index is 391. The average Bonchev–Trinajstić information content (AvgIpc) is 2.83. The van der Waals surface area contributed by atoms with E-state index in [0.717, 1.165) is 12.3 Å². The first-order valence-electron chi connectivity index (χ1n) is 5.22. The highest BCUT2D eigenvalue weighted by Gasteiger charge is 2.33. The Morgan fingerprint density at radius 2 is 2.38 bits per heavy atom. The van der Waals surface area contributed by atoms with E-state index in [1.165, 1.54) is 9.75 Å². The van der Waals surface area contributed by atoms with Crippen molar-refractivity contribution in [1.82, 2.24) is 4.90 Å². The van der Waals surface area contributed by atoms with Gasteiger partial charge in [0.2, 0.25) is 5.91 Å². The first kappa shape index (κ1) is 12.3. The molecule has 0 N–H and O–H groups in total. The first-order chi connectivity index (χ1) is 7.59. The van der Waals surface area contributed by atoms with Crippen LogP contribution in [0.4, 0.5) is 0 Å². The number of carbonyl (C=O) groups excluding carboxylic acids is 1. The minimum atomic E-state index is -0.428. The summed E-state index contributed by atoms with van der Waals surface area (Å²) >= 11 is 9.45. The van der Waals surface area contributed by atoms with E-state index >= 15 is 0 Å². The highest BCUT2D eigenvalue weighted by atomic mass is 35.5. The number of thiophene rings is 1. The van der Waals surface area contributed by atoms with E-state index in [0.29, 0.717) is 0 Å². The lowest BCUT2D eigenvalue weighted by atomic mass is 10.3. The lowest BCUT2D eigenvalue weighted by molar-refractivity contribution is -0.130. The van der Waals surface area contributed by atoms with Crippen LogP contribution in [0.3, 0.4) is 0 Å². The number of thioether (sulfide) groups is 1. The van der Waals surface area contributed by atoms with Crippen LogP contribution in [-0.2, 0) is 4.79 Å². The lowest BCUT2D eigenvalue weighted by Crippen LogP contribution is -2.34. The molecule has 0 saturated carbocycles. The molecule has 1 aliphatic rings. The van der Waals surface area contributed by atoms with Crippen molar-refractivity contribution >= 4 is 40.6 Å². The molecule has 2 heterocycles. The summed E-state index contributed by atoms with van der Waals surface area (Å²) < 4.78 is 0. The van der Waals surface area contributed by atoms with Crippen LogP contribution >= 0.6 is 34.7 Å². The Hall–Kier alpha value is -0.190. The molecule has 2 rings (SSSR count). The molecule has 5 heteroatoms. The molecule has 0 radical (unpaired) electrons. The summed E-state index contributed by atoms with van der Waals surface area (Å²) in [4.78, 5) is 16.4. The molecule has 0 bridgehead atoms. The second kappa shape index (κ2) is 4.98. The molecule has 1 amide bonds. The maximum atomic E-state index is 11.9. The number of nitrogens with zero attached hydrogens (tertiary/aromatic N) is 1. The molecule has 1 fully saturated rings. The third-order valence-corrected chi connectivity index (χ3v) is 5.15. The van der Waals surface area contributed by atoms with Crippen molar-refractivity contribution in [3.63, 3.8) is 0 Å². The molecular weight excluding hydrogens is 262 g/mol. The van der Waals surface area contributed by atoms with Gasteiger partial charge in [0.15, 0.2) is 0 Å². The average molecular weight is 276 g/mol. The molecule has 2 atom stereocenters. The van der Waals surface area contributed by atoms with Crippen LogP contribution in [0.1, 0.15) is 22.1 Å². The SMILES string of the molecule is Cc1ccc(C2SCCN2C(=O)C(C)Cl)s1. The number of carbonyl (C=O) groups is 1. The van der Waals surface area contributed by atoms with Crippen molar-refractivity contribution in [1.29, 1.82) is 0 Å². The molecule has 2 nitrogen and oxygen atoms in total. The maximum Gasteiger partial charge on any atom is 0.241 e. The number of hydrogen-bond acceptors (Lipinski definition) is 3. The van der Waals surface area contributed by atoms with Crippen molar-refractivity contribution in [2.75, 3.05) is 12.3 Å². The molecule has 1 saturated heterocycles. The quantitative estimate of drug-likeness (QED) is 0.772. The Balaban J connectivity index is 2.18. The lowest BCUT2D eigenvalue weighted by Gasteiger charge is -2.23. The van der Waals surface area contributed by atoms with Crippen LogP contribution in [-0.4, -0.2) is 28.5 Å². The molecule has 1 aromatic rings. The number of rotatable bonds is 2. The number of amides is 1. The highest BCUT2D eigenvalue weighted by Crippen LogP contribution is 2.41. The second-order valence-corrected chi connectivity index (χ2v) is 6.98. The minimum absolute atomic E-state index is 0.0442. The Morgan fingerprint density at radius 1 is 1.62 bits per heavy atom. The Labute approximate surface area is 109 Å². The fraction of sp³-hybridized carbons (Fsp3) is 0.545. The molecule has 16 heavy (non-hydrogen) atoms. The van der Waals surface area contributed by atoms with Gasteiger partial charge in [0.25, 0.3) is 0 Å². The van der Waals surface area contributed by atoms with E-state index in [-0.39, 0.29) is 11.3 Å². The Morgan fingerprint density at radius 3 is 2.94 bits per heavy atom. The number of hydrogen-bond donors (Lipinski definition) is 0. The van der Waals surface area contributed by atoms with Gasteiger partial charge in [-0.1, -0.05) is 0 Å². The smallest absolute Gasteiger partial charge is 0.241 e. The van der Waals surface area contributed by atoms with Gasteiger partial charge < -0.3 is 4.90 Å². The van der Waals surface area contributed by atoms with Gasteiger partial charge in [-0.05, 0) is 26.0 Å². The zero-order valence-electron chi connectivity index (χ0n) is 9.27. The summed E-state index contributed by atoms with van der Waals surface area (Å²) in [5, 5.41) is -0.255. The summed E-state index contributed by atoms with van der Waals surface area (Å²) in [7, 11) is 0. The van der Waals surface area contributed by atoms with Gasteiger partial charge in [0, 0.05) is 22.1 Å². The van der Waals surface area contributed by atoms with Crippen LogP contribution in [0, 0.1) is 6.92 Å². The van der Waals surface area contributed by atoms with Crippen molar-refractivity contribution in [3.05, 3.63) is 21.9 Å². The summed E-state index contributed by atoms with van der Waals surface area (Å²) in [5.74, 6) is 1.04. The minimum Gasteiger partial charge on any atom is -0.324 e. The maximum absolute atomic E-state index is 11.9. The molecule has 0 spiro atoms. The molecule has 88 valence electrons. The normalized spacial score (nSPS) is 22.4. The van der Waals surface area contributed by atoms with Crippen molar-refractivity contribution < 1.29 is 4.79 Å². The monoisotopic (exact) mass is 275 g/mol. The second-order valence-electron chi connectivity index (χ2n) is 3.82. The van der Waals surface area contributed by atoms with Crippen molar-refractivity contribution in [3.8, 4) is 0 Å². The molecular formula is C11H14ClNOS2. The number of halogens is 1. The van der Waals surface area contributed by atoms with E-state index < -0.39 is 5.38 Å².